The Morgan fingerprint density at radius 2 is 1.50 bits per heavy atom. The SMILES string of the molecule is CC1=[C]([Hf]([C]2=CC(C(C)(C)C)=CC2C)=[C](C)C)CC(C(C)(C)C)=C1.Cl.Cl. The van der Waals surface area contributed by atoms with E-state index in [1.165, 1.54) is 6.42 Å². The molecule has 0 nitrogen and oxygen atoms in total. The third-order valence-electron chi connectivity index (χ3n) is 5.38. The van der Waals surface area contributed by atoms with Crippen molar-refractivity contribution in [1.29, 1.82) is 0 Å². The van der Waals surface area contributed by atoms with E-state index in [0.717, 1.165) is 0 Å². The van der Waals surface area contributed by atoms with Crippen LogP contribution in [0.15, 0.2) is 41.6 Å². The van der Waals surface area contributed by atoms with Crippen LogP contribution in [0.2, 0.25) is 0 Å². The Morgan fingerprint density at radius 1 is 0.962 bits per heavy atom. The predicted molar refractivity (Wildman–Crippen MR) is 120 cm³/mol. The van der Waals surface area contributed by atoms with Crippen molar-refractivity contribution in [2.75, 3.05) is 0 Å². The van der Waals surface area contributed by atoms with Gasteiger partial charge in [-0.25, -0.2) is 0 Å². The first-order chi connectivity index (χ1) is 10.8. The average Bonchev–Trinajstić information content (AvgIpc) is 2.94. The molecule has 0 fully saturated rings. The molecule has 0 heterocycles. The van der Waals surface area contributed by atoms with E-state index in [-0.39, 0.29) is 30.2 Å². The predicted octanol–water partition coefficient (Wildman–Crippen LogP) is 7.82. The molecule has 148 valence electrons. The maximum Gasteiger partial charge on any atom is -0.147 e. The summed E-state index contributed by atoms with van der Waals surface area (Å²) in [6, 6.07) is 0. The molecule has 2 aliphatic carbocycles. The van der Waals surface area contributed by atoms with E-state index in [1.54, 1.807) is 20.0 Å². The Kier molecular flexibility index (Phi) is 9.28. The van der Waals surface area contributed by atoms with Gasteiger partial charge in [0.2, 0.25) is 0 Å². The molecule has 0 amide bonds. The fourth-order valence-corrected chi connectivity index (χ4v) is 15.2. The molecule has 3 heteroatoms. The van der Waals surface area contributed by atoms with Gasteiger partial charge in [-0.1, -0.05) is 0 Å². The molecule has 0 saturated heterocycles. The molecule has 26 heavy (non-hydrogen) atoms. The zero-order valence-electron chi connectivity index (χ0n) is 18.3. The van der Waals surface area contributed by atoms with Crippen LogP contribution in [0.25, 0.3) is 0 Å². The molecule has 0 saturated carbocycles. The van der Waals surface area contributed by atoms with Crippen molar-refractivity contribution in [2.45, 2.75) is 75.7 Å². The van der Waals surface area contributed by atoms with Gasteiger partial charge in [0.1, 0.15) is 0 Å². The molecule has 2 rings (SSSR count). The molecule has 0 aromatic carbocycles. The molecule has 1 unspecified atom stereocenters. The largest absolute Gasteiger partial charge is 0.147 e. The minimum Gasteiger partial charge on any atom is -0.147 e. The smallest absolute Gasteiger partial charge is 0.147 e. The number of rotatable bonds is 2. The Hall–Kier alpha value is 0.280. The average molecular weight is 564 g/mol. The summed E-state index contributed by atoms with van der Waals surface area (Å²) in [6.07, 6.45) is 8.86. The van der Waals surface area contributed by atoms with Crippen LogP contribution < -0.4 is 0 Å². The quantitative estimate of drug-likeness (QED) is 0.301. The van der Waals surface area contributed by atoms with Crippen LogP contribution in [0.3, 0.4) is 0 Å². The second-order valence-corrected chi connectivity index (χ2v) is 20.4. The van der Waals surface area contributed by atoms with Gasteiger partial charge in [-0.15, -0.1) is 24.8 Å². The van der Waals surface area contributed by atoms with E-state index in [9.17, 15) is 0 Å². The summed E-state index contributed by atoms with van der Waals surface area (Å²) in [4.78, 5) is 0. The van der Waals surface area contributed by atoms with Crippen LogP contribution in [0.1, 0.15) is 75.7 Å². The zero-order valence-corrected chi connectivity index (χ0v) is 23.6. The van der Waals surface area contributed by atoms with Gasteiger partial charge in [0.15, 0.2) is 0 Å². The summed E-state index contributed by atoms with van der Waals surface area (Å²) in [5.74, 6) is 0.635. The van der Waals surface area contributed by atoms with Gasteiger partial charge in [0.25, 0.3) is 0 Å². The summed E-state index contributed by atoms with van der Waals surface area (Å²) in [7, 11) is 0. The molecule has 0 N–H and O–H groups in total. The van der Waals surface area contributed by atoms with Crippen molar-refractivity contribution >= 4 is 28.1 Å². The summed E-state index contributed by atoms with van der Waals surface area (Å²) >= 11 is -2.10. The minimum absolute atomic E-state index is 0. The summed E-state index contributed by atoms with van der Waals surface area (Å²) in [5, 5.41) is 0. The van der Waals surface area contributed by atoms with Gasteiger partial charge in [0, 0.05) is 0 Å². The summed E-state index contributed by atoms with van der Waals surface area (Å²) in [6.45, 7) is 23.7. The Bertz CT molecular complexity index is 697. The molecule has 0 bridgehead atoms. The zero-order chi connectivity index (χ0) is 18.4. The van der Waals surface area contributed by atoms with Gasteiger partial charge in [-0.3, -0.25) is 0 Å². The third kappa shape index (κ3) is 5.65. The van der Waals surface area contributed by atoms with E-state index in [2.05, 4.69) is 87.5 Å². The standard InChI is InChI=1S/2C10H15.C3H6.2ClH.Hf/c2*1-8-5-6-9(7-8)10(2,3)4;1-3-2;;;/h7H,6H2,1-4H3;6-8H,1-4H3;1-2H3;2*1H;. The second kappa shape index (κ2) is 9.19. The summed E-state index contributed by atoms with van der Waals surface area (Å²) in [5.41, 5.74) is 5.33. The topological polar surface area (TPSA) is 0 Å². The van der Waals surface area contributed by atoms with Crippen LogP contribution in [0.4, 0.5) is 0 Å². The third-order valence-corrected chi connectivity index (χ3v) is 17.4. The van der Waals surface area contributed by atoms with Crippen molar-refractivity contribution in [2.24, 2.45) is 16.7 Å². The maximum atomic E-state index is 2.59. The molecular formula is C23H38Cl2Hf. The first-order valence-corrected chi connectivity index (χ1v) is 14.7. The fourth-order valence-electron chi connectivity index (χ4n) is 3.73. The Balaban J connectivity index is 0.00000312. The van der Waals surface area contributed by atoms with Gasteiger partial charge in [-0.05, 0) is 0 Å². The van der Waals surface area contributed by atoms with E-state index < -0.39 is 21.0 Å². The number of allylic oxidation sites excluding steroid dienone is 8. The number of hydrogen-bond donors (Lipinski definition) is 0. The number of halogens is 2. The maximum absolute atomic E-state index is 2.59. The second-order valence-electron chi connectivity index (χ2n) is 9.89. The van der Waals surface area contributed by atoms with Crippen molar-refractivity contribution in [1.82, 2.24) is 0 Å². The molecule has 0 aromatic heterocycles. The van der Waals surface area contributed by atoms with Gasteiger partial charge < -0.3 is 0 Å². The molecule has 0 spiro atoms. The molecular weight excluding hydrogens is 526 g/mol. The normalized spacial score (nSPS) is 20.1. The molecule has 1 atom stereocenters. The molecule has 0 aromatic rings. The molecule has 2 aliphatic rings. The summed E-state index contributed by atoms with van der Waals surface area (Å²) < 4.78 is 5.38. The monoisotopic (exact) mass is 564 g/mol. The van der Waals surface area contributed by atoms with Gasteiger partial charge >= 0.3 is 158 Å². The van der Waals surface area contributed by atoms with E-state index in [1.807, 2.05) is 6.66 Å². The van der Waals surface area contributed by atoms with Crippen LogP contribution in [-0.4, -0.2) is 3.26 Å². The van der Waals surface area contributed by atoms with E-state index in [4.69, 9.17) is 0 Å². The Morgan fingerprint density at radius 3 is 1.85 bits per heavy atom. The first-order valence-electron chi connectivity index (χ1n) is 9.35. The van der Waals surface area contributed by atoms with Crippen LogP contribution in [0, 0.1) is 16.7 Å². The van der Waals surface area contributed by atoms with E-state index >= 15 is 0 Å². The van der Waals surface area contributed by atoms with E-state index in [0.29, 0.717) is 11.3 Å². The molecule has 0 aliphatic heterocycles. The van der Waals surface area contributed by atoms with Gasteiger partial charge in [0.05, 0.1) is 0 Å². The van der Waals surface area contributed by atoms with Crippen LogP contribution in [-0.2, 0) is 21.0 Å². The minimum atomic E-state index is -2.10. The van der Waals surface area contributed by atoms with Crippen molar-refractivity contribution < 1.29 is 21.0 Å². The van der Waals surface area contributed by atoms with Crippen LogP contribution >= 0.6 is 24.8 Å². The Labute approximate surface area is 182 Å². The van der Waals surface area contributed by atoms with Crippen molar-refractivity contribution in [3.05, 3.63) is 41.6 Å². The van der Waals surface area contributed by atoms with Crippen LogP contribution in [0.5, 0.6) is 0 Å². The number of hydrogen-bond acceptors (Lipinski definition) is 0. The molecule has 0 radical (unpaired) electrons. The van der Waals surface area contributed by atoms with Gasteiger partial charge in [-0.2, -0.15) is 0 Å². The first kappa shape index (κ1) is 26.3. The van der Waals surface area contributed by atoms with Crippen molar-refractivity contribution in [3.8, 4) is 0 Å². The van der Waals surface area contributed by atoms with Crippen molar-refractivity contribution in [3.63, 3.8) is 0 Å². The fraction of sp³-hybridized carbons (Fsp3) is 0.609.